The van der Waals surface area contributed by atoms with Gasteiger partial charge in [0.2, 0.25) is 5.75 Å². The number of para-hydroxylation sites is 1. The molecule has 0 fully saturated rings. The van der Waals surface area contributed by atoms with Gasteiger partial charge in [0.25, 0.3) is 0 Å². The quantitative estimate of drug-likeness (QED) is 0.564. The largest absolute Gasteiger partial charge is 0.501 e. The van der Waals surface area contributed by atoms with Crippen molar-refractivity contribution in [2.75, 3.05) is 0 Å². The summed E-state index contributed by atoms with van der Waals surface area (Å²) in [6, 6.07) is 13.1. The van der Waals surface area contributed by atoms with Crippen LogP contribution in [0.3, 0.4) is 0 Å². The maximum atomic E-state index is 13.0. The van der Waals surface area contributed by atoms with Crippen molar-refractivity contribution in [2.45, 2.75) is 12.8 Å². The molecule has 4 aromatic rings. The number of carbonyl (C=O) groups is 1. The minimum Gasteiger partial charge on any atom is -0.501 e. The minimum absolute atomic E-state index is 0.0482. The summed E-state index contributed by atoms with van der Waals surface area (Å²) in [5.74, 6) is -1.45. The van der Waals surface area contributed by atoms with Crippen molar-refractivity contribution < 1.29 is 14.3 Å². The van der Waals surface area contributed by atoms with Gasteiger partial charge in [-0.25, -0.2) is 9.37 Å². The predicted molar refractivity (Wildman–Crippen MR) is 98.7 cm³/mol. The standard InChI is InChI=1S/C20H16FN3O3/c1-23-15-5-3-2-4-14(15)19-22-17(18(26)20(27)24(19)23)16(25)11-8-12-6-9-13(21)10-7-12/h2-7,9-10,26H,8,11H2,1H3. The molecule has 0 amide bonds. The fraction of sp³-hybridized carbons (Fsp3) is 0.150. The highest BCUT2D eigenvalue weighted by Crippen LogP contribution is 2.22. The number of aromatic nitrogens is 3. The van der Waals surface area contributed by atoms with Crippen LogP contribution in [0.4, 0.5) is 4.39 Å². The molecule has 136 valence electrons. The van der Waals surface area contributed by atoms with Gasteiger partial charge in [0.05, 0.1) is 5.52 Å². The van der Waals surface area contributed by atoms with Gasteiger partial charge in [0.15, 0.2) is 17.1 Å². The molecular weight excluding hydrogens is 349 g/mol. The molecule has 0 unspecified atom stereocenters. The van der Waals surface area contributed by atoms with Crippen molar-refractivity contribution in [1.82, 2.24) is 14.2 Å². The normalized spacial score (nSPS) is 11.3. The van der Waals surface area contributed by atoms with E-state index in [1.165, 1.54) is 16.6 Å². The van der Waals surface area contributed by atoms with Crippen molar-refractivity contribution in [3.8, 4) is 5.75 Å². The molecule has 4 rings (SSSR count). The van der Waals surface area contributed by atoms with Crippen molar-refractivity contribution in [2.24, 2.45) is 7.05 Å². The first-order valence-corrected chi connectivity index (χ1v) is 8.44. The van der Waals surface area contributed by atoms with Crippen LogP contribution in [0.15, 0.2) is 53.3 Å². The summed E-state index contributed by atoms with van der Waals surface area (Å²) < 4.78 is 15.8. The third-order valence-electron chi connectivity index (χ3n) is 4.65. The highest BCUT2D eigenvalue weighted by molar-refractivity contribution is 5.99. The van der Waals surface area contributed by atoms with E-state index in [9.17, 15) is 19.1 Å². The molecule has 0 spiro atoms. The molecule has 0 atom stereocenters. The predicted octanol–water partition coefficient (Wildman–Crippen LogP) is 2.85. The molecule has 27 heavy (non-hydrogen) atoms. The van der Waals surface area contributed by atoms with Crippen molar-refractivity contribution in [1.29, 1.82) is 0 Å². The van der Waals surface area contributed by atoms with Crippen LogP contribution in [0.5, 0.6) is 5.75 Å². The average molecular weight is 365 g/mol. The van der Waals surface area contributed by atoms with Crippen LogP contribution in [0.1, 0.15) is 22.5 Å². The zero-order valence-corrected chi connectivity index (χ0v) is 14.5. The Hall–Kier alpha value is -3.48. The van der Waals surface area contributed by atoms with E-state index in [-0.39, 0.29) is 17.9 Å². The molecule has 0 aliphatic carbocycles. The number of ketones is 1. The molecule has 0 aliphatic rings. The van der Waals surface area contributed by atoms with Gasteiger partial charge in [-0.2, -0.15) is 4.52 Å². The number of hydrogen-bond donors (Lipinski definition) is 1. The number of aryl methyl sites for hydroxylation is 2. The number of Topliss-reactive ketones (excluding diaryl/α,β-unsaturated/α-hetero) is 1. The Labute approximate surface area is 153 Å². The van der Waals surface area contributed by atoms with E-state index in [0.717, 1.165) is 11.1 Å². The van der Waals surface area contributed by atoms with Crippen molar-refractivity contribution in [3.05, 3.63) is 76.0 Å². The first-order valence-electron chi connectivity index (χ1n) is 8.44. The van der Waals surface area contributed by atoms with E-state index in [2.05, 4.69) is 4.98 Å². The van der Waals surface area contributed by atoms with Gasteiger partial charge in [0.1, 0.15) is 5.82 Å². The first kappa shape index (κ1) is 17.0. The van der Waals surface area contributed by atoms with Gasteiger partial charge < -0.3 is 5.11 Å². The third kappa shape index (κ3) is 2.77. The summed E-state index contributed by atoms with van der Waals surface area (Å²) in [6.45, 7) is 0. The average Bonchev–Trinajstić information content (AvgIpc) is 2.96. The van der Waals surface area contributed by atoms with Crippen LogP contribution in [0, 0.1) is 5.82 Å². The van der Waals surface area contributed by atoms with Gasteiger partial charge in [-0.05, 0) is 36.2 Å². The van der Waals surface area contributed by atoms with Crippen LogP contribution >= 0.6 is 0 Å². The second-order valence-corrected chi connectivity index (χ2v) is 6.34. The number of aromatic hydroxyl groups is 1. The molecule has 0 bridgehead atoms. The maximum Gasteiger partial charge on any atom is 0.315 e. The molecule has 0 saturated heterocycles. The Morgan fingerprint density at radius 2 is 1.85 bits per heavy atom. The number of rotatable bonds is 4. The number of halogens is 1. The lowest BCUT2D eigenvalue weighted by Gasteiger charge is -2.06. The smallest absolute Gasteiger partial charge is 0.315 e. The Kier molecular flexibility index (Phi) is 3.99. The van der Waals surface area contributed by atoms with Gasteiger partial charge in [-0.15, -0.1) is 0 Å². The van der Waals surface area contributed by atoms with Crippen molar-refractivity contribution >= 4 is 22.3 Å². The van der Waals surface area contributed by atoms with E-state index >= 15 is 0 Å². The number of fused-ring (bicyclic) bond motifs is 3. The Morgan fingerprint density at radius 1 is 1.15 bits per heavy atom. The Balaban J connectivity index is 1.76. The van der Waals surface area contributed by atoms with E-state index in [1.54, 1.807) is 29.9 Å². The first-order chi connectivity index (χ1) is 13.0. The summed E-state index contributed by atoms with van der Waals surface area (Å²) in [5.41, 5.74) is 0.938. The molecule has 2 aromatic carbocycles. The minimum atomic E-state index is -0.691. The molecule has 2 heterocycles. The second-order valence-electron chi connectivity index (χ2n) is 6.34. The van der Waals surface area contributed by atoms with E-state index in [0.29, 0.717) is 17.5 Å². The topological polar surface area (TPSA) is 76.6 Å². The van der Waals surface area contributed by atoms with Gasteiger partial charge in [0, 0.05) is 18.9 Å². The summed E-state index contributed by atoms with van der Waals surface area (Å²) in [6.07, 6.45) is 0.404. The van der Waals surface area contributed by atoms with Gasteiger partial charge >= 0.3 is 5.56 Å². The summed E-state index contributed by atoms with van der Waals surface area (Å²) in [5, 5.41) is 11.0. The molecule has 0 aliphatic heterocycles. The fourth-order valence-electron chi connectivity index (χ4n) is 3.23. The number of carbonyl (C=O) groups excluding carboxylic acids is 1. The molecule has 1 N–H and O–H groups in total. The highest BCUT2D eigenvalue weighted by Gasteiger charge is 2.21. The molecule has 7 heteroatoms. The SMILES string of the molecule is Cn1c2ccccc2c2nc(C(=O)CCc3ccc(F)cc3)c(O)c(=O)n21. The number of hydrogen-bond acceptors (Lipinski definition) is 4. The monoisotopic (exact) mass is 365 g/mol. The van der Waals surface area contributed by atoms with Crippen LogP contribution in [-0.2, 0) is 13.5 Å². The molecule has 2 aromatic heterocycles. The number of benzene rings is 2. The van der Waals surface area contributed by atoms with Gasteiger partial charge in [-0.1, -0.05) is 24.3 Å². The van der Waals surface area contributed by atoms with Crippen LogP contribution in [-0.4, -0.2) is 25.1 Å². The van der Waals surface area contributed by atoms with Crippen LogP contribution in [0.2, 0.25) is 0 Å². The van der Waals surface area contributed by atoms with Crippen molar-refractivity contribution in [3.63, 3.8) is 0 Å². The van der Waals surface area contributed by atoms with E-state index < -0.39 is 17.1 Å². The van der Waals surface area contributed by atoms with Crippen LogP contribution < -0.4 is 5.56 Å². The van der Waals surface area contributed by atoms with Crippen LogP contribution in [0.25, 0.3) is 16.6 Å². The Morgan fingerprint density at radius 3 is 2.59 bits per heavy atom. The second kappa shape index (κ2) is 6.35. The van der Waals surface area contributed by atoms with E-state index in [1.807, 2.05) is 18.2 Å². The molecule has 0 radical (unpaired) electrons. The zero-order chi connectivity index (χ0) is 19.1. The Bertz CT molecular complexity index is 1240. The molecular formula is C20H16FN3O3. The summed E-state index contributed by atoms with van der Waals surface area (Å²) in [4.78, 5) is 29.5. The van der Waals surface area contributed by atoms with Gasteiger partial charge in [-0.3, -0.25) is 14.3 Å². The lowest BCUT2D eigenvalue weighted by Crippen LogP contribution is -2.22. The summed E-state index contributed by atoms with van der Waals surface area (Å²) >= 11 is 0. The lowest BCUT2D eigenvalue weighted by molar-refractivity contribution is 0.0975. The molecule has 6 nitrogen and oxygen atoms in total. The van der Waals surface area contributed by atoms with E-state index in [4.69, 9.17) is 0 Å². The zero-order valence-electron chi connectivity index (χ0n) is 14.5. The lowest BCUT2D eigenvalue weighted by atomic mass is 10.1. The third-order valence-corrected chi connectivity index (χ3v) is 4.65. The summed E-state index contributed by atoms with van der Waals surface area (Å²) in [7, 11) is 1.69. The molecule has 0 saturated carbocycles. The fourth-order valence-corrected chi connectivity index (χ4v) is 3.23. The number of nitrogens with zero attached hydrogens (tertiary/aromatic N) is 3. The maximum absolute atomic E-state index is 13.0. The highest BCUT2D eigenvalue weighted by atomic mass is 19.1.